The van der Waals surface area contributed by atoms with Gasteiger partial charge in [0.25, 0.3) is 0 Å². The summed E-state index contributed by atoms with van der Waals surface area (Å²) >= 11 is 0. The summed E-state index contributed by atoms with van der Waals surface area (Å²) in [6.07, 6.45) is 10.3. The van der Waals surface area contributed by atoms with Gasteiger partial charge in [0.05, 0.1) is 0 Å². The minimum absolute atomic E-state index is 0.0435. The molecule has 20 heavy (non-hydrogen) atoms. The van der Waals surface area contributed by atoms with E-state index in [-0.39, 0.29) is 12.0 Å². The molecule has 0 aliphatic carbocycles. The van der Waals surface area contributed by atoms with Crippen LogP contribution in [0.1, 0.15) is 78.1 Å². The maximum absolute atomic E-state index is 11.2. The Morgan fingerprint density at radius 1 is 1.00 bits per heavy atom. The van der Waals surface area contributed by atoms with Crippen LogP contribution in [0.5, 0.6) is 0 Å². The Kier molecular flexibility index (Phi) is 10.4. The van der Waals surface area contributed by atoms with Crippen molar-refractivity contribution in [3.05, 3.63) is 12.2 Å². The normalized spacial score (nSPS) is 11.4. The van der Waals surface area contributed by atoms with E-state index in [1.807, 2.05) is 0 Å². The van der Waals surface area contributed by atoms with Crippen LogP contribution in [0, 0.1) is 0 Å². The Balaban J connectivity index is 3.53. The molecule has 0 radical (unpaired) electrons. The van der Waals surface area contributed by atoms with Gasteiger partial charge >= 0.3 is 11.9 Å². The highest BCUT2D eigenvalue weighted by molar-refractivity contribution is 5.87. The fourth-order valence-electron chi connectivity index (χ4n) is 1.95. The lowest BCUT2D eigenvalue weighted by molar-refractivity contribution is -0.320. The van der Waals surface area contributed by atoms with Gasteiger partial charge < -0.3 is 14.9 Å². The molecule has 0 unspecified atom stereocenters. The number of carbonyl (C=O) groups excluding carboxylic acids is 1. The molecule has 0 aliphatic rings. The zero-order valence-electron chi connectivity index (χ0n) is 13.0. The summed E-state index contributed by atoms with van der Waals surface area (Å²) in [6.45, 7) is 7.07. The molecule has 0 rings (SSSR count). The van der Waals surface area contributed by atoms with Gasteiger partial charge in [-0.05, 0) is 13.3 Å². The molecule has 0 fully saturated rings. The number of rotatable bonds is 12. The maximum atomic E-state index is 11.2. The lowest BCUT2D eigenvalue weighted by Gasteiger charge is -2.21. The van der Waals surface area contributed by atoms with Gasteiger partial charge in [0.2, 0.25) is 0 Å². The average Bonchev–Trinajstić information content (AvgIpc) is 2.36. The fraction of sp³-hybridized carbons (Fsp3) is 0.812. The molecule has 4 nitrogen and oxygen atoms in total. The molecule has 0 aromatic rings. The fourth-order valence-corrected chi connectivity index (χ4v) is 1.95. The van der Waals surface area contributed by atoms with Crippen molar-refractivity contribution in [2.24, 2.45) is 0 Å². The molecule has 0 amide bonds. The van der Waals surface area contributed by atoms with Crippen LogP contribution < -0.4 is 0 Å². The SMILES string of the molecule is C=C(C)C(=O)OC(O)(O)CCCCCCCCCCC. The topological polar surface area (TPSA) is 66.8 Å². The van der Waals surface area contributed by atoms with Gasteiger partial charge in [-0.1, -0.05) is 64.9 Å². The third-order valence-electron chi connectivity index (χ3n) is 3.21. The predicted molar refractivity (Wildman–Crippen MR) is 79.9 cm³/mol. The summed E-state index contributed by atoms with van der Waals surface area (Å²) in [5.41, 5.74) is 0.157. The van der Waals surface area contributed by atoms with Crippen LogP contribution in [-0.2, 0) is 9.53 Å². The first-order valence-corrected chi connectivity index (χ1v) is 7.72. The number of unbranched alkanes of at least 4 members (excludes halogenated alkanes) is 8. The molecule has 0 bridgehead atoms. The predicted octanol–water partition coefficient (Wildman–Crippen LogP) is 3.67. The van der Waals surface area contributed by atoms with Gasteiger partial charge in [-0.25, -0.2) is 4.79 Å². The maximum Gasteiger partial charge on any atom is 0.337 e. The van der Waals surface area contributed by atoms with Crippen molar-refractivity contribution in [1.29, 1.82) is 0 Å². The third-order valence-corrected chi connectivity index (χ3v) is 3.21. The number of hydrogen-bond donors (Lipinski definition) is 2. The first kappa shape index (κ1) is 19.1. The molecule has 0 aliphatic heterocycles. The Morgan fingerprint density at radius 2 is 1.45 bits per heavy atom. The lowest BCUT2D eigenvalue weighted by atomic mass is 10.1. The van der Waals surface area contributed by atoms with Crippen molar-refractivity contribution in [3.8, 4) is 0 Å². The van der Waals surface area contributed by atoms with Crippen LogP contribution in [-0.4, -0.2) is 22.2 Å². The van der Waals surface area contributed by atoms with Crippen molar-refractivity contribution in [3.63, 3.8) is 0 Å². The number of esters is 1. The third kappa shape index (κ3) is 11.0. The van der Waals surface area contributed by atoms with E-state index in [0.717, 1.165) is 12.8 Å². The van der Waals surface area contributed by atoms with Crippen LogP contribution in [0.2, 0.25) is 0 Å². The van der Waals surface area contributed by atoms with Crippen LogP contribution in [0.15, 0.2) is 12.2 Å². The minimum Gasteiger partial charge on any atom is -0.405 e. The second kappa shape index (κ2) is 10.9. The molecule has 0 aromatic heterocycles. The van der Waals surface area contributed by atoms with E-state index in [2.05, 4.69) is 18.2 Å². The summed E-state index contributed by atoms with van der Waals surface area (Å²) in [5.74, 6) is -3.14. The van der Waals surface area contributed by atoms with E-state index < -0.39 is 11.9 Å². The summed E-state index contributed by atoms with van der Waals surface area (Å²) < 4.78 is 4.54. The lowest BCUT2D eigenvalue weighted by Crippen LogP contribution is -2.34. The van der Waals surface area contributed by atoms with Crippen molar-refractivity contribution in [2.75, 3.05) is 0 Å². The highest BCUT2D eigenvalue weighted by Crippen LogP contribution is 2.17. The molecule has 0 spiro atoms. The monoisotopic (exact) mass is 286 g/mol. The van der Waals surface area contributed by atoms with Gasteiger partial charge in [-0.3, -0.25) is 0 Å². The molecule has 118 valence electrons. The number of hydrogen-bond acceptors (Lipinski definition) is 4. The van der Waals surface area contributed by atoms with Crippen LogP contribution in [0.25, 0.3) is 0 Å². The molecular formula is C16H30O4. The summed E-state index contributed by atoms with van der Waals surface area (Å²) in [5, 5.41) is 19.0. The minimum atomic E-state index is -2.36. The Hall–Kier alpha value is -0.870. The molecule has 2 N–H and O–H groups in total. The first-order valence-electron chi connectivity index (χ1n) is 7.72. The van der Waals surface area contributed by atoms with E-state index in [1.54, 1.807) is 0 Å². The molecule has 0 aromatic carbocycles. The zero-order chi connectivity index (χ0) is 15.4. The highest BCUT2D eigenvalue weighted by Gasteiger charge is 2.27. The molecule has 0 saturated heterocycles. The second-order valence-electron chi connectivity index (χ2n) is 5.49. The van der Waals surface area contributed by atoms with E-state index >= 15 is 0 Å². The zero-order valence-corrected chi connectivity index (χ0v) is 13.0. The molecular weight excluding hydrogens is 256 g/mol. The molecule has 4 heteroatoms. The van der Waals surface area contributed by atoms with Crippen molar-refractivity contribution in [2.45, 2.75) is 84.0 Å². The van der Waals surface area contributed by atoms with Gasteiger partial charge in [0.15, 0.2) is 0 Å². The molecule has 0 saturated carbocycles. The summed E-state index contributed by atoms with van der Waals surface area (Å²) in [7, 11) is 0. The Morgan fingerprint density at radius 3 is 1.90 bits per heavy atom. The van der Waals surface area contributed by atoms with Crippen molar-refractivity contribution >= 4 is 5.97 Å². The first-order chi connectivity index (χ1) is 9.39. The number of ether oxygens (including phenoxy) is 1. The van der Waals surface area contributed by atoms with Crippen LogP contribution >= 0.6 is 0 Å². The smallest absolute Gasteiger partial charge is 0.337 e. The van der Waals surface area contributed by atoms with Gasteiger partial charge in [0, 0.05) is 12.0 Å². The number of carbonyl (C=O) groups is 1. The standard InChI is InChI=1S/C16H30O4/c1-4-5-6-7-8-9-10-11-12-13-16(18,19)20-15(17)14(2)3/h18-19H,2,4-13H2,1,3H3. The van der Waals surface area contributed by atoms with Gasteiger partial charge in [-0.15, -0.1) is 0 Å². The summed E-state index contributed by atoms with van der Waals surface area (Å²) in [4.78, 5) is 11.2. The molecule has 0 atom stereocenters. The summed E-state index contributed by atoms with van der Waals surface area (Å²) in [6, 6.07) is 0. The van der Waals surface area contributed by atoms with Gasteiger partial charge in [-0.2, -0.15) is 0 Å². The van der Waals surface area contributed by atoms with Crippen LogP contribution in [0.3, 0.4) is 0 Å². The largest absolute Gasteiger partial charge is 0.405 e. The highest BCUT2D eigenvalue weighted by atomic mass is 16.8. The second-order valence-corrected chi connectivity index (χ2v) is 5.49. The average molecular weight is 286 g/mol. The quantitative estimate of drug-likeness (QED) is 0.249. The Bertz CT molecular complexity index is 284. The van der Waals surface area contributed by atoms with E-state index in [0.29, 0.717) is 6.42 Å². The van der Waals surface area contributed by atoms with Crippen molar-refractivity contribution in [1.82, 2.24) is 0 Å². The van der Waals surface area contributed by atoms with E-state index in [1.165, 1.54) is 45.4 Å². The van der Waals surface area contributed by atoms with Crippen LogP contribution in [0.4, 0.5) is 0 Å². The van der Waals surface area contributed by atoms with Crippen molar-refractivity contribution < 1.29 is 19.7 Å². The Labute approximate surface area is 122 Å². The van der Waals surface area contributed by atoms with E-state index in [9.17, 15) is 15.0 Å². The van der Waals surface area contributed by atoms with Gasteiger partial charge in [0.1, 0.15) is 0 Å². The number of aliphatic hydroxyl groups is 2. The van der Waals surface area contributed by atoms with E-state index in [4.69, 9.17) is 0 Å². The molecule has 0 heterocycles.